The largest absolute Gasteiger partial charge is 0.356 e. The van der Waals surface area contributed by atoms with Gasteiger partial charge in [0.25, 0.3) is 0 Å². The molecule has 126 valence electrons. The van der Waals surface area contributed by atoms with Gasteiger partial charge in [0.1, 0.15) is 5.69 Å². The Morgan fingerprint density at radius 1 is 1.04 bits per heavy atom. The SMILES string of the molecule is CCCCCCOC(CCC)n1cc(-c2ccc(C)cc2)nn1. The van der Waals surface area contributed by atoms with E-state index in [9.17, 15) is 0 Å². The van der Waals surface area contributed by atoms with E-state index >= 15 is 0 Å². The highest BCUT2D eigenvalue weighted by molar-refractivity contribution is 5.57. The maximum atomic E-state index is 6.04. The number of rotatable bonds is 10. The van der Waals surface area contributed by atoms with Crippen molar-refractivity contribution in [3.63, 3.8) is 0 Å². The molecule has 1 aromatic carbocycles. The van der Waals surface area contributed by atoms with Crippen molar-refractivity contribution < 1.29 is 4.74 Å². The van der Waals surface area contributed by atoms with E-state index < -0.39 is 0 Å². The van der Waals surface area contributed by atoms with Crippen molar-refractivity contribution in [2.45, 2.75) is 65.5 Å². The lowest BCUT2D eigenvalue weighted by Gasteiger charge is -2.17. The zero-order valence-electron chi connectivity index (χ0n) is 14.7. The lowest BCUT2D eigenvalue weighted by atomic mass is 10.1. The van der Waals surface area contributed by atoms with Crippen molar-refractivity contribution in [2.24, 2.45) is 0 Å². The molecular weight excluding hydrogens is 286 g/mol. The molecule has 1 heterocycles. The van der Waals surface area contributed by atoms with E-state index in [0.717, 1.165) is 37.1 Å². The van der Waals surface area contributed by atoms with Gasteiger partial charge in [-0.3, -0.25) is 0 Å². The van der Waals surface area contributed by atoms with E-state index in [-0.39, 0.29) is 6.23 Å². The zero-order valence-corrected chi connectivity index (χ0v) is 14.7. The molecule has 0 bridgehead atoms. The second kappa shape index (κ2) is 9.46. The molecule has 0 aliphatic rings. The first kappa shape index (κ1) is 17.7. The molecule has 1 aromatic heterocycles. The molecule has 0 saturated carbocycles. The molecule has 23 heavy (non-hydrogen) atoms. The van der Waals surface area contributed by atoms with Crippen molar-refractivity contribution in [1.29, 1.82) is 0 Å². The summed E-state index contributed by atoms with van der Waals surface area (Å²) in [6, 6.07) is 8.37. The van der Waals surface area contributed by atoms with Crippen LogP contribution in [0.25, 0.3) is 11.3 Å². The molecule has 0 aliphatic heterocycles. The average molecular weight is 315 g/mol. The summed E-state index contributed by atoms with van der Waals surface area (Å²) >= 11 is 0. The van der Waals surface area contributed by atoms with E-state index in [1.54, 1.807) is 0 Å². The molecule has 0 spiro atoms. The highest BCUT2D eigenvalue weighted by Gasteiger charge is 2.13. The monoisotopic (exact) mass is 315 g/mol. The lowest BCUT2D eigenvalue weighted by molar-refractivity contribution is -0.0151. The van der Waals surface area contributed by atoms with E-state index in [1.807, 2.05) is 10.9 Å². The fraction of sp³-hybridized carbons (Fsp3) is 0.579. The summed E-state index contributed by atoms with van der Waals surface area (Å²) in [5.74, 6) is 0. The number of hydrogen-bond donors (Lipinski definition) is 0. The van der Waals surface area contributed by atoms with Crippen LogP contribution in [0.1, 0.15) is 64.2 Å². The quantitative estimate of drug-likeness (QED) is 0.569. The van der Waals surface area contributed by atoms with Crippen LogP contribution < -0.4 is 0 Å². The Balaban J connectivity index is 1.98. The first-order valence-corrected chi connectivity index (χ1v) is 8.85. The number of ether oxygens (including phenoxy) is 1. The number of nitrogens with zero attached hydrogens (tertiary/aromatic N) is 3. The predicted molar refractivity (Wildman–Crippen MR) is 94.2 cm³/mol. The molecule has 1 atom stereocenters. The summed E-state index contributed by atoms with van der Waals surface area (Å²) in [5.41, 5.74) is 3.25. The number of aromatic nitrogens is 3. The molecule has 1 unspecified atom stereocenters. The highest BCUT2D eigenvalue weighted by atomic mass is 16.5. The summed E-state index contributed by atoms with van der Waals surface area (Å²) in [6.45, 7) is 7.28. The Morgan fingerprint density at radius 3 is 2.52 bits per heavy atom. The van der Waals surface area contributed by atoms with Crippen molar-refractivity contribution >= 4 is 0 Å². The van der Waals surface area contributed by atoms with Gasteiger partial charge in [-0.15, -0.1) is 5.10 Å². The van der Waals surface area contributed by atoms with Gasteiger partial charge in [0.2, 0.25) is 0 Å². The Hall–Kier alpha value is -1.68. The van der Waals surface area contributed by atoms with Gasteiger partial charge in [-0.2, -0.15) is 0 Å². The van der Waals surface area contributed by atoms with Gasteiger partial charge >= 0.3 is 0 Å². The van der Waals surface area contributed by atoms with Crippen LogP contribution in [0.15, 0.2) is 30.5 Å². The third-order valence-electron chi connectivity index (χ3n) is 4.00. The van der Waals surface area contributed by atoms with E-state index in [0.29, 0.717) is 0 Å². The fourth-order valence-electron chi connectivity index (χ4n) is 2.56. The van der Waals surface area contributed by atoms with Gasteiger partial charge < -0.3 is 4.74 Å². The van der Waals surface area contributed by atoms with Crippen molar-refractivity contribution in [1.82, 2.24) is 15.0 Å². The van der Waals surface area contributed by atoms with Crippen molar-refractivity contribution in [3.05, 3.63) is 36.0 Å². The standard InChI is InChI=1S/C19H29N3O/c1-4-6-7-8-14-23-19(9-5-2)22-15-18(20-21-22)17-12-10-16(3)11-13-17/h10-13,15,19H,4-9,14H2,1-3H3. The Labute approximate surface area is 139 Å². The Bertz CT molecular complexity index is 562. The summed E-state index contributed by atoms with van der Waals surface area (Å²) in [4.78, 5) is 0. The van der Waals surface area contributed by atoms with Crippen LogP contribution >= 0.6 is 0 Å². The molecule has 0 saturated heterocycles. The smallest absolute Gasteiger partial charge is 0.151 e. The minimum absolute atomic E-state index is 0.00618. The van der Waals surface area contributed by atoms with Crippen LogP contribution in [0.4, 0.5) is 0 Å². The number of aryl methyl sites for hydroxylation is 1. The predicted octanol–water partition coefficient (Wildman–Crippen LogP) is 5.15. The fourth-order valence-corrected chi connectivity index (χ4v) is 2.56. The second-order valence-electron chi connectivity index (χ2n) is 6.12. The van der Waals surface area contributed by atoms with Crippen molar-refractivity contribution in [3.8, 4) is 11.3 Å². The normalized spacial score (nSPS) is 12.5. The van der Waals surface area contributed by atoms with Gasteiger partial charge in [-0.05, 0) is 19.8 Å². The number of hydrogen-bond acceptors (Lipinski definition) is 3. The highest BCUT2D eigenvalue weighted by Crippen LogP contribution is 2.21. The molecule has 2 aromatic rings. The topological polar surface area (TPSA) is 39.9 Å². The molecule has 0 amide bonds. The second-order valence-corrected chi connectivity index (χ2v) is 6.12. The molecule has 0 aliphatic carbocycles. The lowest BCUT2D eigenvalue weighted by Crippen LogP contribution is -2.14. The molecule has 0 N–H and O–H groups in total. The van der Waals surface area contributed by atoms with Gasteiger partial charge in [-0.1, -0.05) is 74.6 Å². The average Bonchev–Trinajstić information content (AvgIpc) is 3.04. The maximum absolute atomic E-state index is 6.04. The maximum Gasteiger partial charge on any atom is 0.151 e. The molecule has 4 heteroatoms. The summed E-state index contributed by atoms with van der Waals surface area (Å²) in [5, 5.41) is 8.60. The summed E-state index contributed by atoms with van der Waals surface area (Å²) in [6.07, 6.45) is 8.91. The number of unbranched alkanes of at least 4 members (excludes halogenated alkanes) is 3. The molecule has 0 radical (unpaired) electrons. The summed E-state index contributed by atoms with van der Waals surface area (Å²) in [7, 11) is 0. The number of benzene rings is 1. The molecular formula is C19H29N3O. The van der Waals surface area contributed by atoms with Crippen LogP contribution in [0.5, 0.6) is 0 Å². The Kier molecular flexibility index (Phi) is 7.27. The third-order valence-corrected chi connectivity index (χ3v) is 4.00. The summed E-state index contributed by atoms with van der Waals surface area (Å²) < 4.78 is 7.92. The Morgan fingerprint density at radius 2 is 1.83 bits per heavy atom. The van der Waals surface area contributed by atoms with E-state index in [1.165, 1.54) is 24.8 Å². The van der Waals surface area contributed by atoms with Gasteiger partial charge in [0, 0.05) is 12.2 Å². The first-order chi connectivity index (χ1) is 11.2. The van der Waals surface area contributed by atoms with Crippen LogP contribution in [0.3, 0.4) is 0 Å². The van der Waals surface area contributed by atoms with Crippen LogP contribution in [0.2, 0.25) is 0 Å². The first-order valence-electron chi connectivity index (χ1n) is 8.85. The minimum Gasteiger partial charge on any atom is -0.356 e. The molecule has 0 fully saturated rings. The van der Waals surface area contributed by atoms with Crippen LogP contribution in [-0.4, -0.2) is 21.6 Å². The van der Waals surface area contributed by atoms with Crippen molar-refractivity contribution in [2.75, 3.05) is 6.61 Å². The van der Waals surface area contributed by atoms with Crippen LogP contribution in [-0.2, 0) is 4.74 Å². The molecule has 2 rings (SSSR count). The third kappa shape index (κ3) is 5.47. The van der Waals surface area contributed by atoms with Gasteiger partial charge in [0.15, 0.2) is 6.23 Å². The zero-order chi connectivity index (χ0) is 16.5. The molecule has 4 nitrogen and oxygen atoms in total. The minimum atomic E-state index is -0.00618. The van der Waals surface area contributed by atoms with Crippen LogP contribution in [0, 0.1) is 6.92 Å². The van der Waals surface area contributed by atoms with Gasteiger partial charge in [-0.25, -0.2) is 4.68 Å². The van der Waals surface area contributed by atoms with E-state index in [2.05, 4.69) is 55.3 Å². The van der Waals surface area contributed by atoms with Gasteiger partial charge in [0.05, 0.1) is 6.20 Å². The van der Waals surface area contributed by atoms with E-state index in [4.69, 9.17) is 4.74 Å².